The number of fused-ring (bicyclic) bond motifs is 3. The predicted octanol–water partition coefficient (Wildman–Crippen LogP) is 3.98. The smallest absolute Gasteiger partial charge is 0.216 e. The lowest BCUT2D eigenvalue weighted by Crippen LogP contribution is -2.39. The van der Waals surface area contributed by atoms with E-state index >= 15 is 0 Å². The second-order valence-corrected chi connectivity index (χ2v) is 9.29. The zero-order valence-electron chi connectivity index (χ0n) is 20.5. The van der Waals surface area contributed by atoms with Crippen molar-refractivity contribution in [2.75, 3.05) is 38.1 Å². The van der Waals surface area contributed by atoms with Gasteiger partial charge in [-0.05, 0) is 43.7 Å². The number of amides is 1. The third-order valence-electron chi connectivity index (χ3n) is 7.09. The summed E-state index contributed by atoms with van der Waals surface area (Å²) in [6.07, 6.45) is 3.06. The summed E-state index contributed by atoms with van der Waals surface area (Å²) in [7, 11) is 2.13. The molecule has 7 heteroatoms. The maximum absolute atomic E-state index is 11.3. The first-order valence-electron chi connectivity index (χ1n) is 12.1. The number of aromatic nitrogens is 2. The van der Waals surface area contributed by atoms with E-state index in [1.165, 1.54) is 0 Å². The van der Waals surface area contributed by atoms with Crippen molar-refractivity contribution in [1.82, 2.24) is 19.6 Å². The summed E-state index contributed by atoms with van der Waals surface area (Å²) in [6, 6.07) is 19.2. The van der Waals surface area contributed by atoms with Gasteiger partial charge in [-0.25, -0.2) is 4.98 Å². The molecule has 3 heterocycles. The summed E-state index contributed by atoms with van der Waals surface area (Å²) in [5.74, 6) is 0.00186. The highest BCUT2D eigenvalue weighted by molar-refractivity contribution is 6.05. The predicted molar refractivity (Wildman–Crippen MR) is 140 cm³/mol. The van der Waals surface area contributed by atoms with Crippen molar-refractivity contribution in [1.29, 1.82) is 5.26 Å². The van der Waals surface area contributed by atoms with Gasteiger partial charge in [0.1, 0.15) is 17.2 Å². The molecular formula is C28H30N6O. The number of carbonyl (C=O) groups is 1. The fraction of sp³-hybridized carbons (Fsp3) is 0.321. The lowest BCUT2D eigenvalue weighted by Gasteiger charge is -2.28. The molecule has 1 N–H and O–H groups in total. The average Bonchev–Trinajstić information content (AvgIpc) is 3.49. The van der Waals surface area contributed by atoms with Crippen LogP contribution < -0.4 is 10.2 Å². The third kappa shape index (κ3) is 4.11. The Morgan fingerprint density at radius 1 is 1.23 bits per heavy atom. The van der Waals surface area contributed by atoms with Crippen LogP contribution in [0.15, 0.2) is 54.7 Å². The van der Waals surface area contributed by atoms with Crippen molar-refractivity contribution in [3.05, 3.63) is 65.9 Å². The zero-order valence-corrected chi connectivity index (χ0v) is 20.5. The van der Waals surface area contributed by atoms with E-state index in [9.17, 15) is 10.1 Å². The molecule has 0 aliphatic carbocycles. The van der Waals surface area contributed by atoms with Crippen LogP contribution in [0.2, 0.25) is 0 Å². The molecule has 1 fully saturated rings. The number of nitrogens with one attached hydrogen (secondary N) is 1. The van der Waals surface area contributed by atoms with Crippen molar-refractivity contribution in [3.63, 3.8) is 0 Å². The molecule has 178 valence electrons. The summed E-state index contributed by atoms with van der Waals surface area (Å²) in [4.78, 5) is 21.0. The van der Waals surface area contributed by atoms with Crippen molar-refractivity contribution in [2.45, 2.75) is 26.3 Å². The largest absolute Gasteiger partial charge is 0.368 e. The Kier molecular flexibility index (Phi) is 6.14. The fourth-order valence-electron chi connectivity index (χ4n) is 5.29. The SMILES string of the molecule is CC(=O)NCCN(C)[C@H]1CCN(c2c(-c3ccccc3)c(C)c(C#N)c3nc4ccccn4c23)C1. The first-order chi connectivity index (χ1) is 17.0. The number of hydrogen-bond donors (Lipinski definition) is 1. The summed E-state index contributed by atoms with van der Waals surface area (Å²) in [6.45, 7) is 6.83. The molecule has 1 amide bonds. The van der Waals surface area contributed by atoms with Gasteiger partial charge in [-0.3, -0.25) is 14.1 Å². The van der Waals surface area contributed by atoms with Crippen LogP contribution in [-0.2, 0) is 4.79 Å². The maximum Gasteiger partial charge on any atom is 0.216 e. The summed E-state index contributed by atoms with van der Waals surface area (Å²) >= 11 is 0. The van der Waals surface area contributed by atoms with Crippen LogP contribution in [0.1, 0.15) is 24.5 Å². The average molecular weight is 467 g/mol. The van der Waals surface area contributed by atoms with Gasteiger partial charge in [0.2, 0.25) is 5.91 Å². The van der Waals surface area contributed by atoms with Crippen LogP contribution in [0.25, 0.3) is 27.8 Å². The van der Waals surface area contributed by atoms with Crippen LogP contribution in [0, 0.1) is 18.3 Å². The van der Waals surface area contributed by atoms with Gasteiger partial charge in [-0.15, -0.1) is 0 Å². The number of benzene rings is 2. The Bertz CT molecular complexity index is 1440. The molecule has 1 atom stereocenters. The number of rotatable bonds is 6. The third-order valence-corrected chi connectivity index (χ3v) is 7.09. The Hall–Kier alpha value is -3.89. The molecular weight excluding hydrogens is 436 g/mol. The highest BCUT2D eigenvalue weighted by Crippen LogP contribution is 2.44. The summed E-state index contributed by atoms with van der Waals surface area (Å²) in [5.41, 5.74) is 7.53. The number of likely N-dealkylation sites (N-methyl/N-ethyl adjacent to an activating group) is 1. The molecule has 5 rings (SSSR count). The van der Waals surface area contributed by atoms with Gasteiger partial charge in [-0.2, -0.15) is 5.26 Å². The molecule has 35 heavy (non-hydrogen) atoms. The number of anilines is 1. The minimum absolute atomic E-state index is 0.00186. The van der Waals surface area contributed by atoms with E-state index < -0.39 is 0 Å². The van der Waals surface area contributed by atoms with E-state index in [-0.39, 0.29) is 5.91 Å². The van der Waals surface area contributed by atoms with Crippen LogP contribution in [-0.4, -0.2) is 59.5 Å². The van der Waals surface area contributed by atoms with E-state index in [2.05, 4.69) is 44.8 Å². The Balaban J connectivity index is 1.66. The van der Waals surface area contributed by atoms with Gasteiger partial charge >= 0.3 is 0 Å². The van der Waals surface area contributed by atoms with Crippen LogP contribution >= 0.6 is 0 Å². The molecule has 0 bridgehead atoms. The van der Waals surface area contributed by atoms with Gasteiger partial charge < -0.3 is 10.2 Å². The molecule has 0 spiro atoms. The molecule has 0 radical (unpaired) electrons. The van der Waals surface area contributed by atoms with Crippen molar-refractivity contribution in [3.8, 4) is 17.2 Å². The summed E-state index contributed by atoms with van der Waals surface area (Å²) in [5, 5.41) is 13.1. The van der Waals surface area contributed by atoms with E-state index in [0.29, 0.717) is 18.2 Å². The Morgan fingerprint density at radius 3 is 2.74 bits per heavy atom. The van der Waals surface area contributed by atoms with Crippen molar-refractivity contribution in [2.24, 2.45) is 0 Å². The quantitative estimate of drug-likeness (QED) is 0.465. The summed E-state index contributed by atoms with van der Waals surface area (Å²) < 4.78 is 2.12. The monoisotopic (exact) mass is 466 g/mol. The van der Waals surface area contributed by atoms with Gasteiger partial charge in [0.25, 0.3) is 0 Å². The van der Waals surface area contributed by atoms with Crippen LogP contribution in [0.5, 0.6) is 0 Å². The first kappa shape index (κ1) is 22.9. The standard InChI is InChI=1S/C28H30N6O/c1-19-23(17-29)26-28(34-14-8-7-11-24(34)31-26)27(25(19)21-9-5-4-6-10-21)33-15-12-22(18-33)32(3)16-13-30-20(2)35/h4-11,14,22H,12-13,15-16,18H2,1-3H3,(H,30,35)/t22-/m0/s1. The molecule has 0 saturated carbocycles. The van der Waals surface area contributed by atoms with Crippen molar-refractivity contribution < 1.29 is 4.79 Å². The van der Waals surface area contributed by atoms with E-state index in [4.69, 9.17) is 4.98 Å². The van der Waals surface area contributed by atoms with E-state index in [0.717, 1.165) is 65.1 Å². The molecule has 0 unspecified atom stereocenters. The van der Waals surface area contributed by atoms with Gasteiger partial charge in [0.05, 0.1) is 16.8 Å². The molecule has 1 aliphatic heterocycles. The molecule has 7 nitrogen and oxygen atoms in total. The van der Waals surface area contributed by atoms with Crippen LogP contribution in [0.3, 0.4) is 0 Å². The molecule has 4 aromatic rings. The van der Waals surface area contributed by atoms with Gasteiger partial charge in [-0.1, -0.05) is 36.4 Å². The van der Waals surface area contributed by atoms with Gasteiger partial charge in [0, 0.05) is 50.9 Å². The lowest BCUT2D eigenvalue weighted by molar-refractivity contribution is -0.119. The molecule has 1 saturated heterocycles. The topological polar surface area (TPSA) is 76.7 Å². The lowest BCUT2D eigenvalue weighted by atomic mass is 9.92. The highest BCUT2D eigenvalue weighted by Gasteiger charge is 2.31. The zero-order chi connectivity index (χ0) is 24.5. The number of carbonyl (C=O) groups excluding carboxylic acids is 1. The second kappa shape index (κ2) is 9.40. The number of imidazole rings is 1. The fourth-order valence-corrected chi connectivity index (χ4v) is 5.29. The highest BCUT2D eigenvalue weighted by atomic mass is 16.1. The van der Waals surface area contributed by atoms with E-state index in [1.54, 1.807) is 6.92 Å². The minimum atomic E-state index is 0.00186. The number of hydrogen-bond acceptors (Lipinski definition) is 5. The maximum atomic E-state index is 11.3. The molecule has 2 aromatic heterocycles. The molecule has 1 aliphatic rings. The molecule has 2 aromatic carbocycles. The first-order valence-corrected chi connectivity index (χ1v) is 12.1. The van der Waals surface area contributed by atoms with E-state index in [1.807, 2.05) is 49.5 Å². The number of nitriles is 1. The Morgan fingerprint density at radius 2 is 2.00 bits per heavy atom. The Labute approximate surface area is 205 Å². The second-order valence-electron chi connectivity index (χ2n) is 9.29. The van der Waals surface area contributed by atoms with Crippen molar-refractivity contribution >= 4 is 28.3 Å². The number of pyridine rings is 1. The van der Waals surface area contributed by atoms with Crippen LogP contribution in [0.4, 0.5) is 5.69 Å². The number of nitrogens with zero attached hydrogens (tertiary/aromatic N) is 5. The van der Waals surface area contributed by atoms with Gasteiger partial charge in [0.15, 0.2) is 0 Å². The normalized spacial score (nSPS) is 15.7. The minimum Gasteiger partial charge on any atom is -0.368 e.